The molecule has 4 heteroatoms. The first-order valence-corrected chi connectivity index (χ1v) is 4.18. The van der Waals surface area contributed by atoms with Crippen LogP contribution in [0.25, 0.3) is 5.65 Å². The molecule has 2 heterocycles. The second-order valence-corrected chi connectivity index (χ2v) is 2.72. The largest absolute Gasteiger partial charge is 0.395 e. The summed E-state index contributed by atoms with van der Waals surface area (Å²) in [4.78, 5) is 4.15. The van der Waals surface area contributed by atoms with Gasteiger partial charge in [0.15, 0.2) is 0 Å². The Morgan fingerprint density at radius 1 is 1.46 bits per heavy atom. The van der Waals surface area contributed by atoms with Crippen LogP contribution < -0.4 is 5.32 Å². The van der Waals surface area contributed by atoms with Gasteiger partial charge in [-0.15, -0.1) is 0 Å². The highest BCUT2D eigenvalue weighted by atomic mass is 16.3. The fraction of sp³-hybridized carbons (Fsp3) is 0.222. The summed E-state index contributed by atoms with van der Waals surface area (Å²) in [6.45, 7) is 0.683. The van der Waals surface area contributed by atoms with Crippen molar-refractivity contribution < 1.29 is 5.11 Å². The SMILES string of the molecule is OCCNc1cccc2nccn12. The Kier molecular flexibility index (Phi) is 2.14. The standard InChI is InChI=1S/C9H11N3O/c13-7-5-11-9-3-1-2-8-10-4-6-12(8)9/h1-4,6,11,13H,5,7H2. The van der Waals surface area contributed by atoms with Crippen LogP contribution in [-0.4, -0.2) is 27.6 Å². The first kappa shape index (κ1) is 8.07. The monoisotopic (exact) mass is 177 g/mol. The Labute approximate surface area is 75.8 Å². The van der Waals surface area contributed by atoms with Gasteiger partial charge in [0, 0.05) is 18.9 Å². The number of anilines is 1. The average Bonchev–Trinajstić information content (AvgIpc) is 2.62. The topological polar surface area (TPSA) is 49.6 Å². The van der Waals surface area contributed by atoms with E-state index in [0.717, 1.165) is 11.5 Å². The third kappa shape index (κ3) is 1.48. The van der Waals surface area contributed by atoms with E-state index in [2.05, 4.69) is 10.3 Å². The second-order valence-electron chi connectivity index (χ2n) is 2.72. The van der Waals surface area contributed by atoms with Gasteiger partial charge in [-0.3, -0.25) is 4.40 Å². The molecule has 0 spiro atoms. The molecule has 0 aliphatic rings. The number of fused-ring (bicyclic) bond motifs is 1. The van der Waals surface area contributed by atoms with Crippen LogP contribution in [0.4, 0.5) is 5.82 Å². The van der Waals surface area contributed by atoms with Crippen molar-refractivity contribution >= 4 is 11.5 Å². The Morgan fingerprint density at radius 2 is 2.38 bits per heavy atom. The Morgan fingerprint density at radius 3 is 3.23 bits per heavy atom. The molecule has 0 radical (unpaired) electrons. The van der Waals surface area contributed by atoms with Gasteiger partial charge in [0.1, 0.15) is 11.5 Å². The van der Waals surface area contributed by atoms with Gasteiger partial charge in [-0.25, -0.2) is 4.98 Å². The third-order valence-corrected chi connectivity index (χ3v) is 1.85. The molecule has 2 rings (SSSR count). The molecule has 0 aliphatic carbocycles. The van der Waals surface area contributed by atoms with Gasteiger partial charge in [-0.2, -0.15) is 0 Å². The molecule has 0 bridgehead atoms. The first-order chi connectivity index (χ1) is 6.42. The lowest BCUT2D eigenvalue weighted by molar-refractivity contribution is 0.311. The van der Waals surface area contributed by atoms with E-state index in [4.69, 9.17) is 5.11 Å². The first-order valence-electron chi connectivity index (χ1n) is 4.18. The summed E-state index contributed by atoms with van der Waals surface area (Å²) in [5, 5.41) is 11.8. The molecule has 0 saturated heterocycles. The molecule has 13 heavy (non-hydrogen) atoms. The third-order valence-electron chi connectivity index (χ3n) is 1.85. The Bertz CT molecular complexity index is 396. The van der Waals surface area contributed by atoms with Gasteiger partial charge in [-0.1, -0.05) is 6.07 Å². The van der Waals surface area contributed by atoms with Crippen LogP contribution in [0.5, 0.6) is 0 Å². The van der Waals surface area contributed by atoms with Crippen LogP contribution >= 0.6 is 0 Å². The molecule has 0 aromatic carbocycles. The van der Waals surface area contributed by atoms with E-state index in [-0.39, 0.29) is 6.61 Å². The van der Waals surface area contributed by atoms with E-state index >= 15 is 0 Å². The van der Waals surface area contributed by atoms with E-state index < -0.39 is 0 Å². The fourth-order valence-electron chi connectivity index (χ4n) is 1.28. The number of nitrogens with one attached hydrogen (secondary N) is 1. The number of aromatic nitrogens is 2. The maximum atomic E-state index is 8.66. The molecule has 0 atom stereocenters. The van der Waals surface area contributed by atoms with Gasteiger partial charge in [0.2, 0.25) is 0 Å². The minimum absolute atomic E-state index is 0.130. The average molecular weight is 177 g/mol. The van der Waals surface area contributed by atoms with Crippen LogP contribution in [0.3, 0.4) is 0 Å². The number of hydrogen-bond acceptors (Lipinski definition) is 3. The highest BCUT2D eigenvalue weighted by Crippen LogP contribution is 2.09. The maximum absolute atomic E-state index is 8.66. The quantitative estimate of drug-likeness (QED) is 0.727. The molecular formula is C9H11N3O. The normalized spacial score (nSPS) is 10.5. The van der Waals surface area contributed by atoms with Crippen LogP contribution in [0.2, 0.25) is 0 Å². The number of pyridine rings is 1. The fourth-order valence-corrected chi connectivity index (χ4v) is 1.28. The van der Waals surface area contributed by atoms with Crippen LogP contribution in [0.1, 0.15) is 0 Å². The summed E-state index contributed by atoms with van der Waals surface area (Å²) in [5.41, 5.74) is 0.905. The van der Waals surface area contributed by atoms with Crippen LogP contribution in [0.15, 0.2) is 30.6 Å². The summed E-state index contributed by atoms with van der Waals surface area (Å²) in [6, 6.07) is 5.82. The minimum atomic E-state index is 0.130. The molecule has 0 aliphatic heterocycles. The number of hydrogen-bond donors (Lipinski definition) is 2. The number of aliphatic hydroxyl groups is 1. The molecule has 0 amide bonds. The lowest BCUT2D eigenvalue weighted by Gasteiger charge is -2.06. The zero-order valence-electron chi connectivity index (χ0n) is 7.14. The number of aliphatic hydroxyl groups excluding tert-OH is 1. The summed E-state index contributed by atoms with van der Waals surface area (Å²) < 4.78 is 1.94. The van der Waals surface area contributed by atoms with Crippen LogP contribution in [-0.2, 0) is 0 Å². The van der Waals surface area contributed by atoms with Gasteiger partial charge in [0.05, 0.1) is 6.61 Å². The zero-order valence-corrected chi connectivity index (χ0v) is 7.14. The molecule has 4 nitrogen and oxygen atoms in total. The van der Waals surface area contributed by atoms with Crippen molar-refractivity contribution in [3.05, 3.63) is 30.6 Å². The van der Waals surface area contributed by atoms with Crippen molar-refractivity contribution in [1.29, 1.82) is 0 Å². The highest BCUT2D eigenvalue weighted by molar-refractivity contribution is 5.49. The van der Waals surface area contributed by atoms with Gasteiger partial charge in [0.25, 0.3) is 0 Å². The molecule has 2 aromatic heterocycles. The molecule has 0 unspecified atom stereocenters. The Hall–Kier alpha value is -1.55. The smallest absolute Gasteiger partial charge is 0.138 e. The molecule has 0 fully saturated rings. The predicted molar refractivity (Wildman–Crippen MR) is 50.8 cm³/mol. The van der Waals surface area contributed by atoms with Gasteiger partial charge >= 0.3 is 0 Å². The molecule has 2 aromatic rings. The number of imidazole rings is 1. The van der Waals surface area contributed by atoms with Gasteiger partial charge < -0.3 is 10.4 Å². The molecule has 0 saturated carbocycles. The van der Waals surface area contributed by atoms with Crippen molar-refractivity contribution in [2.45, 2.75) is 0 Å². The van der Waals surface area contributed by atoms with Gasteiger partial charge in [-0.05, 0) is 12.1 Å². The van der Waals surface area contributed by atoms with E-state index in [1.807, 2.05) is 28.8 Å². The summed E-state index contributed by atoms with van der Waals surface area (Å²) in [5.74, 6) is 0.948. The predicted octanol–water partition coefficient (Wildman–Crippen LogP) is 0.738. The van der Waals surface area contributed by atoms with E-state index in [1.165, 1.54) is 0 Å². The summed E-state index contributed by atoms with van der Waals surface area (Å²) in [6.07, 6.45) is 3.63. The van der Waals surface area contributed by atoms with Crippen molar-refractivity contribution in [1.82, 2.24) is 9.38 Å². The highest BCUT2D eigenvalue weighted by Gasteiger charge is 1.97. The van der Waals surface area contributed by atoms with Crippen molar-refractivity contribution in [2.75, 3.05) is 18.5 Å². The van der Waals surface area contributed by atoms with E-state index in [0.29, 0.717) is 6.54 Å². The minimum Gasteiger partial charge on any atom is -0.395 e. The summed E-state index contributed by atoms with van der Waals surface area (Å²) in [7, 11) is 0. The molecule has 68 valence electrons. The van der Waals surface area contributed by atoms with Crippen LogP contribution in [0, 0.1) is 0 Å². The van der Waals surface area contributed by atoms with Crippen molar-refractivity contribution in [3.63, 3.8) is 0 Å². The van der Waals surface area contributed by atoms with E-state index in [1.54, 1.807) is 6.20 Å². The maximum Gasteiger partial charge on any atom is 0.138 e. The second kappa shape index (κ2) is 3.45. The lowest BCUT2D eigenvalue weighted by atomic mass is 10.4. The Balaban J connectivity index is 2.37. The number of rotatable bonds is 3. The van der Waals surface area contributed by atoms with Crippen molar-refractivity contribution in [2.24, 2.45) is 0 Å². The zero-order chi connectivity index (χ0) is 9.10. The molecular weight excluding hydrogens is 166 g/mol. The number of nitrogens with zero attached hydrogens (tertiary/aromatic N) is 2. The van der Waals surface area contributed by atoms with E-state index in [9.17, 15) is 0 Å². The summed E-state index contributed by atoms with van der Waals surface area (Å²) >= 11 is 0. The lowest BCUT2D eigenvalue weighted by Crippen LogP contribution is -2.08. The van der Waals surface area contributed by atoms with Crippen molar-refractivity contribution in [3.8, 4) is 0 Å². The molecule has 2 N–H and O–H groups in total.